The average Bonchev–Trinajstić information content (AvgIpc) is 2.62. The molecule has 1 heterocycles. The van der Waals surface area contributed by atoms with Crippen LogP contribution in [-0.2, 0) is 19.1 Å². The van der Waals surface area contributed by atoms with Crippen molar-refractivity contribution in [1.82, 2.24) is 0 Å². The first kappa shape index (κ1) is 12.3. The van der Waals surface area contributed by atoms with Crippen LogP contribution >= 0.6 is 0 Å². The van der Waals surface area contributed by atoms with E-state index in [1.165, 1.54) is 20.3 Å². The summed E-state index contributed by atoms with van der Waals surface area (Å²) in [5.41, 5.74) is 0.829. The first-order chi connectivity index (χ1) is 7.54. The average molecular weight is 226 g/mol. The van der Waals surface area contributed by atoms with Crippen LogP contribution in [-0.4, -0.2) is 19.0 Å². The summed E-state index contributed by atoms with van der Waals surface area (Å²) in [4.78, 5) is 22.1. The Kier molecular flexibility index (Phi) is 4.10. The Morgan fingerprint density at radius 2 is 2.19 bits per heavy atom. The molecule has 0 amide bonds. The molecule has 0 bridgehead atoms. The largest absolute Gasteiger partial charge is 0.469 e. The second-order valence-corrected chi connectivity index (χ2v) is 3.35. The van der Waals surface area contributed by atoms with Gasteiger partial charge in [0.15, 0.2) is 6.10 Å². The van der Waals surface area contributed by atoms with Gasteiger partial charge in [-0.25, -0.2) is 0 Å². The fourth-order valence-electron chi connectivity index (χ4n) is 1.34. The fraction of sp³-hybridized carbons (Fsp3) is 0.455. The van der Waals surface area contributed by atoms with Gasteiger partial charge in [0, 0.05) is 6.92 Å². The van der Waals surface area contributed by atoms with Crippen molar-refractivity contribution in [2.45, 2.75) is 26.4 Å². The SMILES string of the molecule is COC(=O)CC(OC(C)=O)c1occc1C. The van der Waals surface area contributed by atoms with Crippen molar-refractivity contribution >= 4 is 11.9 Å². The van der Waals surface area contributed by atoms with Gasteiger partial charge in [-0.1, -0.05) is 0 Å². The van der Waals surface area contributed by atoms with Crippen LogP contribution < -0.4 is 0 Å². The van der Waals surface area contributed by atoms with Gasteiger partial charge in [0.25, 0.3) is 0 Å². The summed E-state index contributed by atoms with van der Waals surface area (Å²) < 4.78 is 14.7. The molecule has 0 saturated carbocycles. The molecule has 0 aromatic carbocycles. The van der Waals surface area contributed by atoms with Crippen molar-refractivity contribution < 1.29 is 23.5 Å². The normalized spacial score (nSPS) is 11.9. The number of hydrogen-bond acceptors (Lipinski definition) is 5. The standard InChI is InChI=1S/C11H14O5/c1-7-4-5-15-11(7)9(16-8(2)12)6-10(13)14-3/h4-5,9H,6H2,1-3H3. The first-order valence-electron chi connectivity index (χ1n) is 4.82. The second-order valence-electron chi connectivity index (χ2n) is 3.35. The topological polar surface area (TPSA) is 65.7 Å². The van der Waals surface area contributed by atoms with Gasteiger partial charge < -0.3 is 13.9 Å². The monoisotopic (exact) mass is 226 g/mol. The predicted molar refractivity (Wildman–Crippen MR) is 54.6 cm³/mol. The highest BCUT2D eigenvalue weighted by Gasteiger charge is 2.23. The second kappa shape index (κ2) is 5.34. The van der Waals surface area contributed by atoms with Gasteiger partial charge in [-0.3, -0.25) is 9.59 Å². The Morgan fingerprint density at radius 3 is 2.62 bits per heavy atom. The molecule has 1 aromatic rings. The lowest BCUT2D eigenvalue weighted by molar-refractivity contribution is -0.153. The van der Waals surface area contributed by atoms with E-state index in [2.05, 4.69) is 4.74 Å². The predicted octanol–water partition coefficient (Wildman–Crippen LogP) is 1.76. The minimum atomic E-state index is -0.722. The third-order valence-corrected chi connectivity index (χ3v) is 2.08. The highest BCUT2D eigenvalue weighted by molar-refractivity contribution is 5.71. The number of carbonyl (C=O) groups excluding carboxylic acids is 2. The van der Waals surface area contributed by atoms with E-state index >= 15 is 0 Å². The number of furan rings is 1. The van der Waals surface area contributed by atoms with Crippen LogP contribution in [0.15, 0.2) is 16.7 Å². The minimum absolute atomic E-state index is 0.0512. The summed E-state index contributed by atoms with van der Waals surface area (Å²) in [7, 11) is 1.28. The molecule has 88 valence electrons. The van der Waals surface area contributed by atoms with E-state index in [0.717, 1.165) is 5.56 Å². The van der Waals surface area contributed by atoms with Crippen LogP contribution in [0.4, 0.5) is 0 Å². The van der Waals surface area contributed by atoms with Gasteiger partial charge in [0.1, 0.15) is 5.76 Å². The van der Waals surface area contributed by atoms with Gasteiger partial charge >= 0.3 is 11.9 Å². The molecule has 1 atom stereocenters. The summed E-state index contributed by atoms with van der Waals surface area (Å²) in [5.74, 6) is -0.452. The Balaban J connectivity index is 2.83. The lowest BCUT2D eigenvalue weighted by Crippen LogP contribution is -2.14. The Morgan fingerprint density at radius 1 is 1.50 bits per heavy atom. The van der Waals surface area contributed by atoms with Gasteiger partial charge in [-0.2, -0.15) is 0 Å². The molecule has 0 aliphatic rings. The van der Waals surface area contributed by atoms with Crippen molar-refractivity contribution in [3.05, 3.63) is 23.7 Å². The Hall–Kier alpha value is -1.78. The van der Waals surface area contributed by atoms with Crippen molar-refractivity contribution in [1.29, 1.82) is 0 Å². The zero-order valence-corrected chi connectivity index (χ0v) is 9.48. The molecule has 0 fully saturated rings. The number of aryl methyl sites for hydroxylation is 1. The van der Waals surface area contributed by atoms with Crippen molar-refractivity contribution in [3.8, 4) is 0 Å². The van der Waals surface area contributed by atoms with Crippen LogP contribution in [0.2, 0.25) is 0 Å². The van der Waals surface area contributed by atoms with E-state index in [1.807, 2.05) is 6.92 Å². The third-order valence-electron chi connectivity index (χ3n) is 2.08. The molecule has 5 nitrogen and oxygen atoms in total. The summed E-state index contributed by atoms with van der Waals surface area (Å²) in [6.45, 7) is 3.09. The van der Waals surface area contributed by atoms with Crippen LogP contribution in [0.3, 0.4) is 0 Å². The van der Waals surface area contributed by atoms with E-state index in [0.29, 0.717) is 5.76 Å². The van der Waals surface area contributed by atoms with Gasteiger partial charge in [0.05, 0.1) is 19.8 Å². The van der Waals surface area contributed by atoms with Gasteiger partial charge in [-0.05, 0) is 18.6 Å². The van der Waals surface area contributed by atoms with Gasteiger partial charge in [0.2, 0.25) is 0 Å². The summed E-state index contributed by atoms with van der Waals surface area (Å²) in [5, 5.41) is 0. The fourth-order valence-corrected chi connectivity index (χ4v) is 1.34. The molecule has 16 heavy (non-hydrogen) atoms. The molecular formula is C11H14O5. The third kappa shape index (κ3) is 3.12. The minimum Gasteiger partial charge on any atom is -0.469 e. The molecule has 5 heteroatoms. The maximum absolute atomic E-state index is 11.2. The maximum Gasteiger partial charge on any atom is 0.309 e. The van der Waals surface area contributed by atoms with Gasteiger partial charge in [-0.15, -0.1) is 0 Å². The number of rotatable bonds is 4. The molecule has 0 spiro atoms. The van der Waals surface area contributed by atoms with Crippen molar-refractivity contribution in [3.63, 3.8) is 0 Å². The van der Waals surface area contributed by atoms with E-state index in [4.69, 9.17) is 9.15 Å². The van der Waals surface area contributed by atoms with Crippen LogP contribution in [0.25, 0.3) is 0 Å². The smallest absolute Gasteiger partial charge is 0.309 e. The molecule has 0 radical (unpaired) electrons. The van der Waals surface area contributed by atoms with Crippen LogP contribution in [0, 0.1) is 6.92 Å². The Bertz CT molecular complexity index is 379. The molecule has 0 saturated heterocycles. The molecule has 1 aromatic heterocycles. The van der Waals surface area contributed by atoms with Crippen LogP contribution in [0.5, 0.6) is 0 Å². The molecule has 0 aliphatic heterocycles. The van der Waals surface area contributed by atoms with E-state index in [1.54, 1.807) is 6.07 Å². The van der Waals surface area contributed by atoms with Crippen molar-refractivity contribution in [2.24, 2.45) is 0 Å². The molecule has 1 rings (SSSR count). The van der Waals surface area contributed by atoms with E-state index < -0.39 is 18.0 Å². The zero-order valence-electron chi connectivity index (χ0n) is 9.48. The first-order valence-corrected chi connectivity index (χ1v) is 4.82. The molecule has 0 aliphatic carbocycles. The lowest BCUT2D eigenvalue weighted by Gasteiger charge is -2.14. The van der Waals surface area contributed by atoms with Crippen molar-refractivity contribution in [2.75, 3.05) is 7.11 Å². The number of esters is 2. The maximum atomic E-state index is 11.2. The Labute approximate surface area is 93.3 Å². The lowest BCUT2D eigenvalue weighted by atomic mass is 10.1. The van der Waals surface area contributed by atoms with Crippen LogP contribution in [0.1, 0.15) is 30.8 Å². The summed E-state index contributed by atoms with van der Waals surface area (Å²) in [6.07, 6.45) is 0.711. The molecule has 0 N–H and O–H groups in total. The number of methoxy groups -OCH3 is 1. The number of ether oxygens (including phenoxy) is 2. The number of hydrogen-bond donors (Lipinski definition) is 0. The van der Waals surface area contributed by atoms with E-state index in [9.17, 15) is 9.59 Å². The quantitative estimate of drug-likeness (QED) is 0.732. The highest BCUT2D eigenvalue weighted by atomic mass is 16.6. The number of carbonyl (C=O) groups is 2. The molecular weight excluding hydrogens is 212 g/mol. The summed E-state index contributed by atoms with van der Waals surface area (Å²) >= 11 is 0. The van der Waals surface area contributed by atoms with E-state index in [-0.39, 0.29) is 6.42 Å². The molecule has 1 unspecified atom stereocenters. The summed E-state index contributed by atoms with van der Waals surface area (Å²) in [6, 6.07) is 1.74. The highest BCUT2D eigenvalue weighted by Crippen LogP contribution is 2.25. The zero-order chi connectivity index (χ0) is 12.1.